The van der Waals surface area contributed by atoms with E-state index in [1.165, 1.54) is 23.1 Å². The summed E-state index contributed by atoms with van der Waals surface area (Å²) in [6.45, 7) is 0.692. The molecule has 23 heavy (non-hydrogen) atoms. The number of nitrogens with zero attached hydrogens (tertiary/aromatic N) is 2. The summed E-state index contributed by atoms with van der Waals surface area (Å²) in [6.07, 6.45) is -1.29. The van der Waals surface area contributed by atoms with Gasteiger partial charge in [0.25, 0.3) is 11.8 Å². The minimum atomic E-state index is -2.65. The van der Waals surface area contributed by atoms with Crippen molar-refractivity contribution in [3.63, 3.8) is 0 Å². The molecule has 1 aromatic carbocycles. The predicted molar refractivity (Wildman–Crippen MR) is 77.9 cm³/mol. The van der Waals surface area contributed by atoms with Crippen molar-refractivity contribution in [2.75, 3.05) is 26.2 Å². The van der Waals surface area contributed by atoms with Gasteiger partial charge in [0, 0.05) is 39.0 Å². The molecule has 4 nitrogen and oxygen atoms in total. The van der Waals surface area contributed by atoms with Gasteiger partial charge in [-0.05, 0) is 12.1 Å². The van der Waals surface area contributed by atoms with Gasteiger partial charge < -0.3 is 10.0 Å². The second kappa shape index (κ2) is 6.13. The van der Waals surface area contributed by atoms with Gasteiger partial charge in [0.15, 0.2) is 0 Å². The van der Waals surface area contributed by atoms with Crippen LogP contribution in [0.15, 0.2) is 24.3 Å². The highest BCUT2D eigenvalue weighted by Crippen LogP contribution is 2.30. The molecular formula is C16H19F3N2O2. The fourth-order valence-corrected chi connectivity index (χ4v) is 3.28. The first-order valence-corrected chi connectivity index (χ1v) is 7.71. The lowest BCUT2D eigenvalue weighted by atomic mass is 10.0. The lowest BCUT2D eigenvalue weighted by molar-refractivity contribution is -0.0697. The number of amides is 1. The van der Waals surface area contributed by atoms with E-state index in [9.17, 15) is 23.1 Å². The van der Waals surface area contributed by atoms with Crippen LogP contribution in [0.25, 0.3) is 0 Å². The molecule has 0 aromatic heterocycles. The Morgan fingerprint density at radius 2 is 1.83 bits per heavy atom. The average Bonchev–Trinajstić information content (AvgIpc) is 2.89. The minimum absolute atomic E-state index is 0.0365. The molecule has 0 radical (unpaired) electrons. The molecule has 1 aromatic rings. The molecule has 0 spiro atoms. The number of rotatable bonds is 2. The lowest BCUT2D eigenvalue weighted by Gasteiger charge is -2.36. The van der Waals surface area contributed by atoms with Gasteiger partial charge in [0.1, 0.15) is 5.82 Å². The van der Waals surface area contributed by atoms with E-state index < -0.39 is 23.8 Å². The second-order valence-corrected chi connectivity index (χ2v) is 6.22. The molecule has 126 valence electrons. The largest absolute Gasteiger partial charge is 0.390 e. The summed E-state index contributed by atoms with van der Waals surface area (Å²) < 4.78 is 40.2. The Labute approximate surface area is 132 Å². The number of hydrogen-bond acceptors (Lipinski definition) is 3. The Bertz CT molecular complexity index is 586. The first-order chi connectivity index (χ1) is 10.9. The van der Waals surface area contributed by atoms with Crippen LogP contribution in [0, 0.1) is 5.82 Å². The normalized spacial score (nSPS) is 28.1. The van der Waals surface area contributed by atoms with Gasteiger partial charge in [0.05, 0.1) is 17.7 Å². The minimum Gasteiger partial charge on any atom is -0.390 e. The van der Waals surface area contributed by atoms with E-state index in [1.807, 2.05) is 0 Å². The highest BCUT2D eigenvalue weighted by atomic mass is 19.3. The van der Waals surface area contributed by atoms with Gasteiger partial charge in [-0.2, -0.15) is 0 Å². The zero-order valence-corrected chi connectivity index (χ0v) is 12.6. The van der Waals surface area contributed by atoms with Crippen molar-refractivity contribution in [3.05, 3.63) is 35.6 Å². The van der Waals surface area contributed by atoms with E-state index in [4.69, 9.17) is 0 Å². The van der Waals surface area contributed by atoms with Crippen LogP contribution in [0.3, 0.4) is 0 Å². The second-order valence-electron chi connectivity index (χ2n) is 6.22. The molecule has 0 bridgehead atoms. The Hall–Kier alpha value is -1.60. The fraction of sp³-hybridized carbons (Fsp3) is 0.562. The molecule has 2 fully saturated rings. The molecule has 1 amide bonds. The van der Waals surface area contributed by atoms with Crippen molar-refractivity contribution in [3.8, 4) is 0 Å². The number of halogens is 3. The average molecular weight is 328 g/mol. The maximum absolute atomic E-state index is 13.7. The van der Waals surface area contributed by atoms with Gasteiger partial charge in [-0.15, -0.1) is 0 Å². The molecule has 3 rings (SSSR count). The lowest BCUT2D eigenvalue weighted by Crippen LogP contribution is -2.49. The van der Waals surface area contributed by atoms with Gasteiger partial charge >= 0.3 is 0 Å². The van der Waals surface area contributed by atoms with Crippen LogP contribution in [0.2, 0.25) is 0 Å². The van der Waals surface area contributed by atoms with Crippen molar-refractivity contribution in [1.29, 1.82) is 0 Å². The zero-order chi connectivity index (χ0) is 16.6. The number of piperidine rings is 1. The Morgan fingerprint density at radius 3 is 2.48 bits per heavy atom. The summed E-state index contributed by atoms with van der Waals surface area (Å²) in [5.41, 5.74) is -0.0365. The molecule has 0 aliphatic carbocycles. The summed E-state index contributed by atoms with van der Waals surface area (Å²) in [5.74, 6) is -3.73. The number of aliphatic hydroxyl groups excluding tert-OH is 1. The number of carbonyl (C=O) groups is 1. The van der Waals surface area contributed by atoms with Crippen LogP contribution >= 0.6 is 0 Å². The summed E-state index contributed by atoms with van der Waals surface area (Å²) in [6, 6.07) is 5.32. The number of alkyl halides is 2. The number of benzene rings is 1. The molecular weight excluding hydrogens is 309 g/mol. The van der Waals surface area contributed by atoms with Gasteiger partial charge in [0.2, 0.25) is 0 Å². The van der Waals surface area contributed by atoms with E-state index in [1.54, 1.807) is 11.0 Å². The van der Waals surface area contributed by atoms with E-state index in [0.29, 0.717) is 0 Å². The molecule has 0 unspecified atom stereocenters. The Balaban J connectivity index is 1.67. The smallest absolute Gasteiger partial charge is 0.256 e. The van der Waals surface area contributed by atoms with Crippen LogP contribution in [0.4, 0.5) is 13.2 Å². The maximum atomic E-state index is 13.7. The summed E-state index contributed by atoms with van der Waals surface area (Å²) in [5, 5.41) is 10.2. The van der Waals surface area contributed by atoms with Crippen LogP contribution < -0.4 is 0 Å². The fourth-order valence-electron chi connectivity index (χ4n) is 3.28. The molecule has 2 atom stereocenters. The first kappa shape index (κ1) is 16.3. The topological polar surface area (TPSA) is 43.8 Å². The third-order valence-electron chi connectivity index (χ3n) is 4.65. The van der Waals surface area contributed by atoms with Crippen LogP contribution in [-0.4, -0.2) is 65.1 Å². The van der Waals surface area contributed by atoms with E-state index in [0.717, 1.165) is 0 Å². The van der Waals surface area contributed by atoms with Crippen molar-refractivity contribution in [1.82, 2.24) is 9.80 Å². The van der Waals surface area contributed by atoms with Crippen LogP contribution in [-0.2, 0) is 0 Å². The van der Waals surface area contributed by atoms with Gasteiger partial charge in [-0.25, -0.2) is 13.2 Å². The standard InChI is InChI=1S/C16H19F3N2O2/c17-12-4-2-1-3-11(12)15(23)21-9-13(14(22)10-21)20-7-5-16(18,19)6-8-20/h1-4,13-14,22H,5-10H2/t13-,14-/m1/s1. The number of carbonyl (C=O) groups excluding carboxylic acids is 1. The highest BCUT2D eigenvalue weighted by molar-refractivity contribution is 5.94. The highest BCUT2D eigenvalue weighted by Gasteiger charge is 2.42. The molecule has 1 N–H and O–H groups in total. The van der Waals surface area contributed by atoms with Gasteiger partial charge in [-0.3, -0.25) is 9.69 Å². The van der Waals surface area contributed by atoms with Crippen molar-refractivity contribution >= 4 is 5.91 Å². The first-order valence-electron chi connectivity index (χ1n) is 7.71. The van der Waals surface area contributed by atoms with Crippen LogP contribution in [0.1, 0.15) is 23.2 Å². The zero-order valence-electron chi connectivity index (χ0n) is 12.6. The van der Waals surface area contributed by atoms with Crippen molar-refractivity contribution < 1.29 is 23.1 Å². The Morgan fingerprint density at radius 1 is 1.17 bits per heavy atom. The summed E-state index contributed by atoms with van der Waals surface area (Å²) >= 11 is 0. The summed E-state index contributed by atoms with van der Waals surface area (Å²) in [7, 11) is 0. The van der Waals surface area contributed by atoms with Gasteiger partial charge in [-0.1, -0.05) is 12.1 Å². The third-order valence-corrected chi connectivity index (χ3v) is 4.65. The van der Waals surface area contributed by atoms with E-state index in [-0.39, 0.29) is 50.6 Å². The monoisotopic (exact) mass is 328 g/mol. The quantitative estimate of drug-likeness (QED) is 0.899. The molecule has 2 aliphatic rings. The predicted octanol–water partition coefficient (Wildman–Crippen LogP) is 1.74. The van der Waals surface area contributed by atoms with Crippen LogP contribution in [0.5, 0.6) is 0 Å². The molecule has 7 heteroatoms. The van der Waals surface area contributed by atoms with Crippen molar-refractivity contribution in [2.45, 2.75) is 30.9 Å². The number of aliphatic hydroxyl groups is 1. The summed E-state index contributed by atoms with van der Waals surface area (Å²) in [4.78, 5) is 15.6. The Kier molecular flexibility index (Phi) is 4.33. The van der Waals surface area contributed by atoms with E-state index in [2.05, 4.69) is 0 Å². The third kappa shape index (κ3) is 3.35. The molecule has 0 saturated carbocycles. The molecule has 2 aliphatic heterocycles. The maximum Gasteiger partial charge on any atom is 0.256 e. The van der Waals surface area contributed by atoms with E-state index >= 15 is 0 Å². The number of β-amino-alcohol motifs (C(OH)–C–C–N with tert-alkyl or cyclic N) is 1. The SMILES string of the molecule is O=C(c1ccccc1F)N1C[C@@H](O)[C@H](N2CCC(F)(F)CC2)C1. The van der Waals surface area contributed by atoms with Crippen molar-refractivity contribution in [2.24, 2.45) is 0 Å². The number of likely N-dealkylation sites (tertiary alicyclic amines) is 2. The molecule has 2 saturated heterocycles. The number of hydrogen-bond donors (Lipinski definition) is 1. The molecule has 2 heterocycles.